The van der Waals surface area contributed by atoms with Crippen LogP contribution in [0.2, 0.25) is 0 Å². The van der Waals surface area contributed by atoms with Crippen LogP contribution in [0.4, 0.5) is 5.69 Å². The number of para-hydroxylation sites is 1. The number of anilines is 1. The molecule has 0 unspecified atom stereocenters. The minimum Gasteiger partial charge on any atom is -0.486 e. The van der Waals surface area contributed by atoms with Crippen LogP contribution in [0.25, 0.3) is 17.1 Å². The lowest BCUT2D eigenvalue weighted by Gasteiger charge is -2.21. The van der Waals surface area contributed by atoms with E-state index in [4.69, 9.17) is 13.9 Å². The number of aromatic nitrogens is 2. The molecule has 2 aromatic heterocycles. The fourth-order valence-electron chi connectivity index (χ4n) is 3.98. The van der Waals surface area contributed by atoms with Gasteiger partial charge in [0.05, 0.1) is 11.3 Å². The summed E-state index contributed by atoms with van der Waals surface area (Å²) in [6.45, 7) is 4.81. The predicted octanol–water partition coefficient (Wildman–Crippen LogP) is 4.31. The fourth-order valence-corrected chi connectivity index (χ4v) is 3.98. The molecule has 9 nitrogen and oxygen atoms in total. The number of nitrogens with one attached hydrogen (secondary N) is 1. The Hall–Kier alpha value is -4.53. The first-order valence-electron chi connectivity index (χ1n) is 11.7. The number of fused-ring (bicyclic) bond motifs is 1. The first-order valence-corrected chi connectivity index (χ1v) is 11.7. The average Bonchev–Trinajstić information content (AvgIpc) is 3.54. The average molecular weight is 487 g/mol. The lowest BCUT2D eigenvalue weighted by atomic mass is 10.2. The van der Waals surface area contributed by atoms with Gasteiger partial charge in [-0.2, -0.15) is 5.10 Å². The van der Waals surface area contributed by atoms with Crippen LogP contribution < -0.4 is 14.8 Å². The zero-order chi connectivity index (χ0) is 25.1. The summed E-state index contributed by atoms with van der Waals surface area (Å²) in [6.07, 6.45) is 1.67. The molecule has 0 spiro atoms. The van der Waals surface area contributed by atoms with Gasteiger partial charge in [-0.3, -0.25) is 9.59 Å². The molecular weight excluding hydrogens is 460 g/mol. The third-order valence-electron chi connectivity index (χ3n) is 5.77. The molecule has 0 atom stereocenters. The maximum absolute atomic E-state index is 13.6. The van der Waals surface area contributed by atoms with E-state index in [1.165, 1.54) is 4.90 Å². The topological polar surface area (TPSA) is 98.8 Å². The van der Waals surface area contributed by atoms with Gasteiger partial charge in [-0.15, -0.1) is 0 Å². The normalized spacial score (nSPS) is 12.3. The Balaban J connectivity index is 1.38. The molecular formula is C27H26N4O5. The molecule has 1 aliphatic heterocycles. The number of carbonyl (C=O) groups is 2. The Morgan fingerprint density at radius 2 is 1.81 bits per heavy atom. The molecule has 1 aliphatic rings. The van der Waals surface area contributed by atoms with E-state index in [1.54, 1.807) is 35.1 Å². The van der Waals surface area contributed by atoms with Gasteiger partial charge in [0.1, 0.15) is 31.2 Å². The number of rotatable bonds is 7. The second kappa shape index (κ2) is 9.99. The number of nitrogens with zero attached hydrogens (tertiary/aromatic N) is 3. The third-order valence-corrected chi connectivity index (χ3v) is 5.77. The Morgan fingerprint density at radius 3 is 2.53 bits per heavy atom. The number of benzene rings is 2. The summed E-state index contributed by atoms with van der Waals surface area (Å²) in [6, 6.07) is 18.3. The minimum atomic E-state index is -0.326. The number of aryl methyl sites for hydroxylation is 1. The summed E-state index contributed by atoms with van der Waals surface area (Å²) in [4.78, 5) is 27.9. The smallest absolute Gasteiger partial charge is 0.258 e. The number of ether oxygens (including phenoxy) is 2. The number of amides is 2. The van der Waals surface area contributed by atoms with Crippen LogP contribution in [-0.2, 0) is 4.79 Å². The highest BCUT2D eigenvalue weighted by molar-refractivity contribution is 6.02. The Kier molecular flexibility index (Phi) is 6.44. The largest absolute Gasteiger partial charge is 0.486 e. The van der Waals surface area contributed by atoms with Crippen molar-refractivity contribution in [2.45, 2.75) is 13.8 Å². The van der Waals surface area contributed by atoms with Crippen molar-refractivity contribution in [1.29, 1.82) is 0 Å². The van der Waals surface area contributed by atoms with Crippen molar-refractivity contribution in [2.75, 3.05) is 31.6 Å². The molecule has 2 amide bonds. The maximum Gasteiger partial charge on any atom is 0.258 e. The molecule has 0 aliphatic carbocycles. The summed E-state index contributed by atoms with van der Waals surface area (Å²) >= 11 is 0. The number of likely N-dealkylation sites (N-methyl/N-ethyl adjacent to an activating group) is 1. The maximum atomic E-state index is 13.6. The van der Waals surface area contributed by atoms with E-state index >= 15 is 0 Å². The standard InChI is InChI=1S/C27H26N4O5/c1-3-30(17-25(32)28-19-10-12-22-24(15-19)35-14-13-34-22)27(33)21-16-31(20-7-5-4-6-8-20)29-26(21)23-11-9-18(2)36-23/h4-12,15-16H,3,13-14,17H2,1-2H3,(H,28,32). The van der Waals surface area contributed by atoms with E-state index in [1.807, 2.05) is 50.2 Å². The molecule has 0 fully saturated rings. The van der Waals surface area contributed by atoms with Gasteiger partial charge in [-0.25, -0.2) is 4.68 Å². The van der Waals surface area contributed by atoms with Crippen molar-refractivity contribution >= 4 is 17.5 Å². The van der Waals surface area contributed by atoms with Crippen molar-refractivity contribution in [3.63, 3.8) is 0 Å². The monoisotopic (exact) mass is 486 g/mol. The van der Waals surface area contributed by atoms with Gasteiger partial charge in [0.15, 0.2) is 17.3 Å². The fraction of sp³-hybridized carbons (Fsp3) is 0.222. The number of hydrogen-bond donors (Lipinski definition) is 1. The second-order valence-electron chi connectivity index (χ2n) is 8.31. The van der Waals surface area contributed by atoms with Crippen LogP contribution in [0.3, 0.4) is 0 Å². The van der Waals surface area contributed by atoms with Gasteiger partial charge in [0.2, 0.25) is 5.91 Å². The van der Waals surface area contributed by atoms with Crippen LogP contribution >= 0.6 is 0 Å². The minimum absolute atomic E-state index is 0.128. The zero-order valence-electron chi connectivity index (χ0n) is 20.1. The molecule has 9 heteroatoms. The van der Waals surface area contributed by atoms with Crippen LogP contribution in [-0.4, -0.2) is 52.8 Å². The van der Waals surface area contributed by atoms with Crippen molar-refractivity contribution < 1.29 is 23.5 Å². The van der Waals surface area contributed by atoms with Crippen molar-refractivity contribution in [3.8, 4) is 28.6 Å². The van der Waals surface area contributed by atoms with E-state index in [0.717, 1.165) is 5.69 Å². The molecule has 1 N–H and O–H groups in total. The van der Waals surface area contributed by atoms with Gasteiger partial charge in [-0.05, 0) is 50.2 Å². The summed E-state index contributed by atoms with van der Waals surface area (Å²) < 4.78 is 18.5. The van der Waals surface area contributed by atoms with Crippen molar-refractivity contribution in [2.24, 2.45) is 0 Å². The van der Waals surface area contributed by atoms with Gasteiger partial charge in [0.25, 0.3) is 5.91 Å². The van der Waals surface area contributed by atoms with Crippen LogP contribution in [0.1, 0.15) is 23.0 Å². The molecule has 5 rings (SSSR count). The van der Waals surface area contributed by atoms with Gasteiger partial charge in [-0.1, -0.05) is 18.2 Å². The molecule has 0 saturated carbocycles. The highest BCUT2D eigenvalue weighted by Crippen LogP contribution is 2.32. The van der Waals surface area contributed by atoms with Crippen LogP contribution in [0, 0.1) is 6.92 Å². The van der Waals surface area contributed by atoms with E-state index in [0.29, 0.717) is 59.7 Å². The molecule has 2 aromatic carbocycles. The van der Waals surface area contributed by atoms with Crippen LogP contribution in [0.15, 0.2) is 71.3 Å². The highest BCUT2D eigenvalue weighted by atomic mass is 16.6. The first kappa shape index (κ1) is 23.2. The Labute approximate surface area is 208 Å². The first-order chi connectivity index (χ1) is 17.5. The summed E-state index contributed by atoms with van der Waals surface area (Å²) in [5.41, 5.74) is 2.14. The predicted molar refractivity (Wildman–Crippen MR) is 134 cm³/mol. The lowest BCUT2D eigenvalue weighted by Crippen LogP contribution is -2.38. The number of furan rings is 1. The molecule has 0 radical (unpaired) electrons. The Morgan fingerprint density at radius 1 is 1.03 bits per heavy atom. The zero-order valence-corrected chi connectivity index (χ0v) is 20.1. The van der Waals surface area contributed by atoms with Crippen molar-refractivity contribution in [1.82, 2.24) is 14.7 Å². The molecule has 0 saturated heterocycles. The van der Waals surface area contributed by atoms with Crippen LogP contribution in [0.5, 0.6) is 11.5 Å². The van der Waals surface area contributed by atoms with E-state index in [9.17, 15) is 9.59 Å². The van der Waals surface area contributed by atoms with Crippen molar-refractivity contribution in [3.05, 3.63) is 78.2 Å². The molecule has 3 heterocycles. The number of hydrogen-bond acceptors (Lipinski definition) is 6. The van der Waals surface area contributed by atoms with E-state index in [2.05, 4.69) is 10.4 Å². The highest BCUT2D eigenvalue weighted by Gasteiger charge is 2.26. The molecule has 0 bridgehead atoms. The van der Waals surface area contributed by atoms with E-state index < -0.39 is 0 Å². The lowest BCUT2D eigenvalue weighted by molar-refractivity contribution is -0.116. The van der Waals surface area contributed by atoms with E-state index in [-0.39, 0.29) is 18.4 Å². The van der Waals surface area contributed by atoms with Gasteiger partial charge < -0.3 is 24.1 Å². The summed E-state index contributed by atoms with van der Waals surface area (Å²) in [5.74, 6) is 1.77. The summed E-state index contributed by atoms with van der Waals surface area (Å²) in [5, 5.41) is 7.47. The Bertz CT molecular complexity index is 1390. The molecule has 184 valence electrons. The third kappa shape index (κ3) is 4.81. The van der Waals surface area contributed by atoms with Gasteiger partial charge in [0, 0.05) is 24.5 Å². The molecule has 4 aromatic rings. The molecule has 36 heavy (non-hydrogen) atoms. The SMILES string of the molecule is CCN(CC(=O)Nc1ccc2c(c1)OCCO2)C(=O)c1cn(-c2ccccc2)nc1-c1ccc(C)o1. The summed E-state index contributed by atoms with van der Waals surface area (Å²) in [7, 11) is 0. The number of carbonyl (C=O) groups excluding carboxylic acids is 2. The van der Waals surface area contributed by atoms with Gasteiger partial charge >= 0.3 is 0 Å². The quantitative estimate of drug-likeness (QED) is 0.418. The second-order valence-corrected chi connectivity index (χ2v) is 8.31.